The third kappa shape index (κ3) is 3.36. The van der Waals surface area contributed by atoms with Crippen molar-refractivity contribution in [2.24, 2.45) is 5.73 Å². The van der Waals surface area contributed by atoms with Crippen LogP contribution in [0.25, 0.3) is 0 Å². The highest BCUT2D eigenvalue weighted by atomic mass is 79.9. The monoisotopic (exact) mass is 339 g/mol. The molecule has 2 rings (SSSR count). The fraction of sp³-hybridized carbons (Fsp3) is 0.200. The summed E-state index contributed by atoms with van der Waals surface area (Å²) in [6.45, 7) is 0.357. The average Bonchev–Trinajstić information content (AvgIpc) is 2.46. The van der Waals surface area contributed by atoms with Gasteiger partial charge in [0.2, 0.25) is 0 Å². The van der Waals surface area contributed by atoms with E-state index in [-0.39, 0.29) is 18.9 Å². The number of nitrogens with two attached hydrogens (primary N) is 1. The van der Waals surface area contributed by atoms with Gasteiger partial charge in [-0.15, -0.1) is 0 Å². The van der Waals surface area contributed by atoms with Gasteiger partial charge in [-0.1, -0.05) is 18.2 Å². The number of hydrogen-bond donors (Lipinski definition) is 2. The van der Waals surface area contributed by atoms with Gasteiger partial charge in [0.15, 0.2) is 11.6 Å². The van der Waals surface area contributed by atoms with Crippen LogP contribution in [0, 0.1) is 5.82 Å². The van der Waals surface area contributed by atoms with Crippen LogP contribution < -0.4 is 10.5 Å². The van der Waals surface area contributed by atoms with Crippen molar-refractivity contribution in [1.82, 2.24) is 0 Å². The number of benzene rings is 2. The van der Waals surface area contributed by atoms with Crippen LogP contribution in [-0.2, 0) is 13.0 Å². The van der Waals surface area contributed by atoms with Crippen molar-refractivity contribution in [3.05, 3.63) is 57.8 Å². The molecule has 0 aliphatic carbocycles. The lowest BCUT2D eigenvalue weighted by Gasteiger charge is -2.10. The van der Waals surface area contributed by atoms with Crippen LogP contribution in [0.15, 0.2) is 40.9 Å². The summed E-state index contributed by atoms with van der Waals surface area (Å²) in [7, 11) is 0. The number of aliphatic hydroxyl groups excluding tert-OH is 1. The number of aliphatic hydroxyl groups is 1. The third-order valence-corrected chi connectivity index (χ3v) is 3.76. The van der Waals surface area contributed by atoms with Gasteiger partial charge in [-0.25, -0.2) is 4.39 Å². The minimum Gasteiger partial charge on any atom is -0.454 e. The second-order valence-electron chi connectivity index (χ2n) is 4.27. The average molecular weight is 340 g/mol. The van der Waals surface area contributed by atoms with E-state index in [1.807, 2.05) is 12.1 Å². The first-order valence-electron chi connectivity index (χ1n) is 6.20. The maximum absolute atomic E-state index is 14.1. The van der Waals surface area contributed by atoms with Gasteiger partial charge in [0.05, 0.1) is 4.47 Å². The molecule has 20 heavy (non-hydrogen) atoms. The second kappa shape index (κ2) is 6.83. The molecule has 0 aromatic heterocycles. The van der Waals surface area contributed by atoms with Crippen molar-refractivity contribution >= 4 is 15.9 Å². The number of rotatable bonds is 5. The lowest BCUT2D eigenvalue weighted by Crippen LogP contribution is -2.00. The van der Waals surface area contributed by atoms with E-state index in [0.29, 0.717) is 22.2 Å². The minimum atomic E-state index is -0.465. The van der Waals surface area contributed by atoms with Gasteiger partial charge < -0.3 is 15.6 Å². The molecular weight excluding hydrogens is 325 g/mol. The Morgan fingerprint density at radius 3 is 2.45 bits per heavy atom. The number of ether oxygens (including phenoxy) is 1. The van der Waals surface area contributed by atoms with Gasteiger partial charge in [0.1, 0.15) is 5.75 Å². The molecular formula is C15H15BrFNO2. The number of halogens is 2. The summed E-state index contributed by atoms with van der Waals surface area (Å²) in [6.07, 6.45) is 0.589. The largest absolute Gasteiger partial charge is 0.454 e. The van der Waals surface area contributed by atoms with Crippen molar-refractivity contribution in [1.29, 1.82) is 0 Å². The molecule has 0 radical (unpaired) electrons. The molecule has 2 aromatic carbocycles. The molecule has 0 aliphatic rings. The molecule has 0 saturated carbocycles. The van der Waals surface area contributed by atoms with Crippen molar-refractivity contribution in [3.8, 4) is 11.5 Å². The summed E-state index contributed by atoms with van der Waals surface area (Å²) in [5, 5.41) is 8.84. The first kappa shape index (κ1) is 15.0. The van der Waals surface area contributed by atoms with Gasteiger partial charge in [-0.05, 0) is 51.7 Å². The van der Waals surface area contributed by atoms with Crippen molar-refractivity contribution in [2.45, 2.75) is 13.0 Å². The van der Waals surface area contributed by atoms with Gasteiger partial charge in [-0.3, -0.25) is 0 Å². The van der Waals surface area contributed by atoms with Crippen LogP contribution in [0.5, 0.6) is 11.5 Å². The molecule has 106 valence electrons. The van der Waals surface area contributed by atoms with E-state index >= 15 is 0 Å². The highest BCUT2D eigenvalue weighted by Crippen LogP contribution is 2.31. The predicted octanol–water partition coefficient (Wildman–Crippen LogP) is 3.37. The fourth-order valence-electron chi connectivity index (χ4n) is 1.79. The first-order valence-corrected chi connectivity index (χ1v) is 6.99. The highest BCUT2D eigenvalue weighted by molar-refractivity contribution is 9.10. The smallest absolute Gasteiger partial charge is 0.180 e. The van der Waals surface area contributed by atoms with Gasteiger partial charge >= 0.3 is 0 Å². The molecule has 0 amide bonds. The summed E-state index contributed by atoms with van der Waals surface area (Å²) >= 11 is 3.17. The Kier molecular flexibility index (Phi) is 5.11. The maximum atomic E-state index is 14.1. The van der Waals surface area contributed by atoms with Gasteiger partial charge in [0, 0.05) is 13.2 Å². The molecule has 0 heterocycles. The lowest BCUT2D eigenvalue weighted by atomic mass is 10.1. The third-order valence-electron chi connectivity index (χ3n) is 2.90. The van der Waals surface area contributed by atoms with Crippen LogP contribution in [0.1, 0.15) is 11.1 Å². The minimum absolute atomic E-state index is 0.0995. The summed E-state index contributed by atoms with van der Waals surface area (Å²) in [5.41, 5.74) is 7.20. The molecule has 3 N–H and O–H groups in total. The van der Waals surface area contributed by atoms with E-state index < -0.39 is 5.82 Å². The van der Waals surface area contributed by atoms with Gasteiger partial charge in [-0.2, -0.15) is 0 Å². The summed E-state index contributed by atoms with van der Waals surface area (Å²) in [6, 6.07) is 10.5. The predicted molar refractivity (Wildman–Crippen MR) is 79.3 cm³/mol. The van der Waals surface area contributed by atoms with Crippen molar-refractivity contribution in [3.63, 3.8) is 0 Å². The van der Waals surface area contributed by atoms with E-state index in [0.717, 1.165) is 5.56 Å². The zero-order chi connectivity index (χ0) is 14.5. The zero-order valence-electron chi connectivity index (χ0n) is 10.8. The van der Waals surface area contributed by atoms with Crippen LogP contribution in [0.3, 0.4) is 0 Å². The maximum Gasteiger partial charge on any atom is 0.180 e. The topological polar surface area (TPSA) is 55.5 Å². The van der Waals surface area contributed by atoms with Crippen molar-refractivity contribution in [2.75, 3.05) is 6.61 Å². The van der Waals surface area contributed by atoms with Gasteiger partial charge in [0.25, 0.3) is 0 Å². The molecule has 5 heteroatoms. The molecule has 0 fully saturated rings. The molecule has 2 aromatic rings. The Labute approximate surface area is 125 Å². The Morgan fingerprint density at radius 1 is 1.15 bits per heavy atom. The lowest BCUT2D eigenvalue weighted by molar-refractivity contribution is 0.299. The van der Waals surface area contributed by atoms with E-state index in [4.69, 9.17) is 15.6 Å². The second-order valence-corrected chi connectivity index (χ2v) is 5.07. The van der Waals surface area contributed by atoms with E-state index in [1.165, 1.54) is 0 Å². The summed E-state index contributed by atoms with van der Waals surface area (Å²) < 4.78 is 19.9. The van der Waals surface area contributed by atoms with Crippen LogP contribution in [0.2, 0.25) is 0 Å². The molecule has 0 bridgehead atoms. The van der Waals surface area contributed by atoms with E-state index in [2.05, 4.69) is 15.9 Å². The number of hydrogen-bond acceptors (Lipinski definition) is 3. The fourth-order valence-corrected chi connectivity index (χ4v) is 2.28. The SMILES string of the molecule is NCc1ccc(Oc2ccc(CCO)cc2)c(F)c1Br. The Balaban J connectivity index is 2.19. The molecule has 0 saturated heterocycles. The molecule has 0 aliphatic heterocycles. The van der Waals surface area contributed by atoms with Crippen LogP contribution in [0.4, 0.5) is 4.39 Å². The summed E-state index contributed by atoms with van der Waals surface area (Å²) in [5.74, 6) is 0.217. The Hall–Kier alpha value is -1.43. The first-order chi connectivity index (χ1) is 9.65. The van der Waals surface area contributed by atoms with Crippen molar-refractivity contribution < 1.29 is 14.2 Å². The normalized spacial score (nSPS) is 10.6. The zero-order valence-corrected chi connectivity index (χ0v) is 12.4. The Morgan fingerprint density at radius 2 is 1.85 bits per heavy atom. The van der Waals surface area contributed by atoms with E-state index in [9.17, 15) is 4.39 Å². The molecule has 3 nitrogen and oxygen atoms in total. The van der Waals surface area contributed by atoms with E-state index in [1.54, 1.807) is 24.3 Å². The van der Waals surface area contributed by atoms with Crippen LogP contribution in [-0.4, -0.2) is 11.7 Å². The quantitative estimate of drug-likeness (QED) is 0.877. The highest BCUT2D eigenvalue weighted by Gasteiger charge is 2.12. The molecule has 0 unspecified atom stereocenters. The van der Waals surface area contributed by atoms with Crippen LogP contribution >= 0.6 is 15.9 Å². The molecule has 0 atom stereocenters. The Bertz CT molecular complexity index is 587. The summed E-state index contributed by atoms with van der Waals surface area (Å²) in [4.78, 5) is 0. The molecule has 0 spiro atoms. The standard InChI is InChI=1S/C15H15BrFNO2/c16-14-11(9-18)3-6-13(15(14)17)20-12-4-1-10(2-5-12)7-8-19/h1-6,19H,7-9,18H2.